The van der Waals surface area contributed by atoms with Crippen molar-refractivity contribution in [2.75, 3.05) is 7.05 Å². The van der Waals surface area contributed by atoms with Gasteiger partial charge in [0.15, 0.2) is 0 Å². The molecule has 0 aliphatic carbocycles. The normalized spacial score (nSPS) is 11.3. The van der Waals surface area contributed by atoms with Gasteiger partial charge in [-0.15, -0.1) is 0 Å². The molecule has 0 bridgehead atoms. The first-order chi connectivity index (χ1) is 11.2. The van der Waals surface area contributed by atoms with Crippen LogP contribution in [0.4, 0.5) is 0 Å². The molecule has 0 aliphatic rings. The number of nitrogens with zero attached hydrogens (tertiary/aromatic N) is 1. The first-order valence-corrected chi connectivity index (χ1v) is 9.63. The number of hydrogen-bond donors (Lipinski definition) is 0. The van der Waals surface area contributed by atoms with Crippen molar-refractivity contribution in [3.8, 4) is 0 Å². The van der Waals surface area contributed by atoms with Gasteiger partial charge in [-0.2, -0.15) is 0 Å². The molecule has 0 heterocycles. The second-order valence-corrected chi connectivity index (χ2v) is 7.97. The van der Waals surface area contributed by atoms with Crippen LogP contribution in [0.5, 0.6) is 0 Å². The number of benzene rings is 2. The summed E-state index contributed by atoms with van der Waals surface area (Å²) in [4.78, 5) is 14.3. The van der Waals surface area contributed by atoms with Crippen molar-refractivity contribution in [1.82, 2.24) is 4.90 Å². The molecule has 2 aromatic carbocycles. The third-order valence-corrected chi connectivity index (χ3v) is 5.70. The van der Waals surface area contributed by atoms with Crippen LogP contribution in [0.15, 0.2) is 71.2 Å². The predicted molar refractivity (Wildman–Crippen MR) is 97.7 cm³/mol. The van der Waals surface area contributed by atoms with Gasteiger partial charge in [-0.1, -0.05) is 0 Å². The van der Waals surface area contributed by atoms with Gasteiger partial charge in [0.2, 0.25) is 0 Å². The SMILES string of the molecule is CCC/C(=C/C(=O)N(C)Cc1ccccc1)[Se]c1ccccc1. The minimum absolute atomic E-state index is 0.0927. The molecule has 120 valence electrons. The molecule has 0 radical (unpaired) electrons. The number of allylic oxidation sites excluding steroid dienone is 1. The van der Waals surface area contributed by atoms with Crippen LogP contribution in [0.2, 0.25) is 0 Å². The molecule has 2 aromatic rings. The standard InChI is InChI=1S/C20H23NOSe/c1-3-10-19(23-18-13-8-5-9-14-18)15-20(22)21(2)16-17-11-6-4-7-12-17/h4-9,11-15H,3,10,16H2,1-2H3/b19-15-. The van der Waals surface area contributed by atoms with Gasteiger partial charge in [0.05, 0.1) is 0 Å². The van der Waals surface area contributed by atoms with E-state index in [0.717, 1.165) is 18.4 Å². The van der Waals surface area contributed by atoms with E-state index < -0.39 is 0 Å². The second-order valence-electron chi connectivity index (χ2n) is 5.46. The maximum atomic E-state index is 12.5. The quantitative estimate of drug-likeness (QED) is 0.539. The van der Waals surface area contributed by atoms with E-state index in [9.17, 15) is 4.79 Å². The Morgan fingerprint density at radius 3 is 2.26 bits per heavy atom. The van der Waals surface area contributed by atoms with E-state index in [1.807, 2.05) is 49.5 Å². The molecule has 1 amide bonds. The molecule has 2 rings (SSSR count). The van der Waals surface area contributed by atoms with Crippen molar-refractivity contribution in [2.45, 2.75) is 26.3 Å². The summed E-state index contributed by atoms with van der Waals surface area (Å²) in [6.07, 6.45) is 3.90. The Morgan fingerprint density at radius 2 is 1.65 bits per heavy atom. The van der Waals surface area contributed by atoms with E-state index in [2.05, 4.69) is 31.2 Å². The number of rotatable bonds is 7. The Morgan fingerprint density at radius 1 is 1.04 bits per heavy atom. The minimum atomic E-state index is 0.0927. The average Bonchev–Trinajstić information content (AvgIpc) is 2.57. The van der Waals surface area contributed by atoms with Crippen LogP contribution in [-0.2, 0) is 11.3 Å². The van der Waals surface area contributed by atoms with Gasteiger partial charge in [-0.05, 0) is 0 Å². The van der Waals surface area contributed by atoms with Crippen molar-refractivity contribution in [1.29, 1.82) is 0 Å². The fourth-order valence-electron chi connectivity index (χ4n) is 2.22. The zero-order valence-electron chi connectivity index (χ0n) is 13.7. The van der Waals surface area contributed by atoms with E-state index in [0.29, 0.717) is 6.54 Å². The average molecular weight is 372 g/mol. The molecule has 0 unspecified atom stereocenters. The van der Waals surface area contributed by atoms with Crippen LogP contribution in [0.25, 0.3) is 0 Å². The van der Waals surface area contributed by atoms with Crippen molar-refractivity contribution < 1.29 is 4.79 Å². The summed E-state index contributed by atoms with van der Waals surface area (Å²) < 4.78 is 2.58. The first-order valence-electron chi connectivity index (χ1n) is 7.91. The van der Waals surface area contributed by atoms with Gasteiger partial charge in [0.1, 0.15) is 0 Å². The molecule has 0 saturated heterocycles. The van der Waals surface area contributed by atoms with Gasteiger partial charge in [-0.25, -0.2) is 0 Å². The summed E-state index contributed by atoms with van der Waals surface area (Å²) in [6, 6.07) is 20.5. The molecule has 0 aromatic heterocycles. The molecular formula is C20H23NOSe. The molecule has 0 atom stereocenters. The van der Waals surface area contributed by atoms with Crippen molar-refractivity contribution in [3.63, 3.8) is 0 Å². The summed E-state index contributed by atoms with van der Waals surface area (Å²) in [7, 11) is 1.87. The fourth-order valence-corrected chi connectivity index (χ4v) is 4.45. The number of carbonyl (C=O) groups is 1. The Bertz CT molecular complexity index is 637. The van der Waals surface area contributed by atoms with Crippen LogP contribution in [0, 0.1) is 0 Å². The Balaban J connectivity index is 2.03. The molecule has 3 heteroatoms. The summed E-state index contributed by atoms with van der Waals surface area (Å²) in [5.41, 5.74) is 1.15. The zero-order chi connectivity index (χ0) is 16.5. The van der Waals surface area contributed by atoms with Crippen LogP contribution in [-0.4, -0.2) is 32.8 Å². The van der Waals surface area contributed by atoms with Crippen LogP contribution in [0.3, 0.4) is 0 Å². The maximum absolute atomic E-state index is 12.5. The van der Waals surface area contributed by atoms with Gasteiger partial charge in [0.25, 0.3) is 0 Å². The Labute approximate surface area is 145 Å². The summed E-state index contributed by atoms with van der Waals surface area (Å²) >= 11 is 0.223. The van der Waals surface area contributed by atoms with Gasteiger partial charge < -0.3 is 0 Å². The summed E-state index contributed by atoms with van der Waals surface area (Å²) in [5.74, 6) is 0.0927. The third kappa shape index (κ3) is 6.05. The van der Waals surface area contributed by atoms with Crippen molar-refractivity contribution in [2.24, 2.45) is 0 Å². The van der Waals surface area contributed by atoms with Crippen LogP contribution in [0.1, 0.15) is 25.3 Å². The monoisotopic (exact) mass is 373 g/mol. The third-order valence-electron chi connectivity index (χ3n) is 3.41. The van der Waals surface area contributed by atoms with Crippen molar-refractivity contribution >= 4 is 25.3 Å². The molecule has 0 aliphatic heterocycles. The molecule has 23 heavy (non-hydrogen) atoms. The van der Waals surface area contributed by atoms with Crippen molar-refractivity contribution in [3.05, 3.63) is 76.8 Å². The van der Waals surface area contributed by atoms with E-state index in [4.69, 9.17) is 0 Å². The number of hydrogen-bond acceptors (Lipinski definition) is 1. The summed E-state index contributed by atoms with van der Waals surface area (Å²) in [5, 5.41) is 0. The Hall–Kier alpha value is -1.83. The first kappa shape index (κ1) is 17.5. The van der Waals surface area contributed by atoms with Gasteiger partial charge >= 0.3 is 145 Å². The van der Waals surface area contributed by atoms with Crippen LogP contribution >= 0.6 is 0 Å². The molecule has 0 spiro atoms. The predicted octanol–water partition coefficient (Wildman–Crippen LogP) is 3.36. The molecule has 0 fully saturated rings. The van der Waals surface area contributed by atoms with Gasteiger partial charge in [0, 0.05) is 0 Å². The fraction of sp³-hybridized carbons (Fsp3) is 0.250. The number of carbonyl (C=O) groups excluding carboxylic acids is 1. The molecular weight excluding hydrogens is 349 g/mol. The zero-order valence-corrected chi connectivity index (χ0v) is 15.4. The topological polar surface area (TPSA) is 20.3 Å². The number of likely N-dealkylation sites (N-methyl/N-ethyl adjacent to an activating group) is 1. The van der Waals surface area contributed by atoms with E-state index in [-0.39, 0.29) is 20.9 Å². The van der Waals surface area contributed by atoms with E-state index >= 15 is 0 Å². The van der Waals surface area contributed by atoms with E-state index in [1.54, 1.807) is 4.90 Å². The number of amides is 1. The van der Waals surface area contributed by atoms with E-state index in [1.165, 1.54) is 8.93 Å². The molecule has 2 nitrogen and oxygen atoms in total. The summed E-state index contributed by atoms with van der Waals surface area (Å²) in [6.45, 7) is 2.81. The van der Waals surface area contributed by atoms with Crippen LogP contribution < -0.4 is 4.46 Å². The second kappa shape index (κ2) is 9.34. The molecule has 0 saturated carbocycles. The Kier molecular flexibility index (Phi) is 7.12. The van der Waals surface area contributed by atoms with Gasteiger partial charge in [-0.3, -0.25) is 0 Å². The molecule has 0 N–H and O–H groups in total.